The summed E-state index contributed by atoms with van der Waals surface area (Å²) in [5, 5.41) is 4.35. The number of aromatic nitrogens is 2. The summed E-state index contributed by atoms with van der Waals surface area (Å²) in [6, 6.07) is 7.77. The molecule has 0 amide bonds. The number of benzene rings is 1. The maximum Gasteiger partial charge on any atom is 0.379 e. The van der Waals surface area contributed by atoms with E-state index in [-0.39, 0.29) is 0 Å². The number of rotatable bonds is 3. The Labute approximate surface area is 117 Å². The molecule has 0 aliphatic heterocycles. The van der Waals surface area contributed by atoms with E-state index in [2.05, 4.69) is 9.84 Å². The lowest BCUT2D eigenvalue weighted by Gasteiger charge is -2.05. The van der Waals surface area contributed by atoms with E-state index in [9.17, 15) is 9.59 Å². The van der Waals surface area contributed by atoms with Crippen LogP contribution in [0.15, 0.2) is 24.3 Å². The Hall–Kier alpha value is -2.43. The van der Waals surface area contributed by atoms with Crippen LogP contribution in [0.5, 0.6) is 0 Å². The van der Waals surface area contributed by atoms with Crippen LogP contribution in [-0.2, 0) is 9.53 Å². The molecule has 0 fully saturated rings. The molecule has 2 rings (SSSR count). The molecule has 0 aliphatic carbocycles. The third kappa shape index (κ3) is 2.34. The molecule has 0 saturated carbocycles. The zero-order chi connectivity index (χ0) is 14.9. The van der Waals surface area contributed by atoms with Gasteiger partial charge in [-0.25, -0.2) is 9.48 Å². The maximum atomic E-state index is 12.0. The predicted molar refractivity (Wildman–Crippen MR) is 74.1 cm³/mol. The van der Waals surface area contributed by atoms with E-state index in [0.717, 1.165) is 11.3 Å². The van der Waals surface area contributed by atoms with Gasteiger partial charge in [-0.05, 0) is 38.5 Å². The number of methoxy groups -OCH3 is 1. The molecule has 0 atom stereocenters. The van der Waals surface area contributed by atoms with Crippen LogP contribution >= 0.6 is 0 Å². The average Bonchev–Trinajstić information content (AvgIpc) is 2.72. The number of hydrogen-bond donors (Lipinski definition) is 0. The number of ketones is 1. The van der Waals surface area contributed by atoms with Gasteiger partial charge in [0.05, 0.1) is 29.7 Å². The van der Waals surface area contributed by atoms with Gasteiger partial charge in [0.2, 0.25) is 0 Å². The molecular formula is C15H16N2O3. The summed E-state index contributed by atoms with van der Waals surface area (Å²) >= 11 is 0. The number of Topliss-reactive ketones (excluding diaryl/α,β-unsaturated/α-hetero) is 1. The Balaban J connectivity index is 2.54. The van der Waals surface area contributed by atoms with Crippen molar-refractivity contribution in [1.82, 2.24) is 9.78 Å². The molecule has 20 heavy (non-hydrogen) atoms. The fourth-order valence-electron chi connectivity index (χ4n) is 2.18. The summed E-state index contributed by atoms with van der Waals surface area (Å²) in [6.07, 6.45) is 0. The zero-order valence-electron chi connectivity index (χ0n) is 11.9. The largest absolute Gasteiger partial charge is 0.463 e. The van der Waals surface area contributed by atoms with Gasteiger partial charge >= 0.3 is 5.97 Å². The number of carbonyl (C=O) groups excluding carboxylic acids is 2. The van der Waals surface area contributed by atoms with Crippen molar-refractivity contribution in [2.24, 2.45) is 0 Å². The van der Waals surface area contributed by atoms with E-state index in [0.29, 0.717) is 17.0 Å². The zero-order valence-corrected chi connectivity index (χ0v) is 11.9. The van der Waals surface area contributed by atoms with Gasteiger partial charge in [0.15, 0.2) is 0 Å². The van der Waals surface area contributed by atoms with Crippen LogP contribution in [0.4, 0.5) is 0 Å². The highest BCUT2D eigenvalue weighted by molar-refractivity contribution is 6.41. The molecule has 5 nitrogen and oxygen atoms in total. The molecule has 104 valence electrons. The fourth-order valence-corrected chi connectivity index (χ4v) is 2.18. The third-order valence-corrected chi connectivity index (χ3v) is 3.14. The van der Waals surface area contributed by atoms with Crippen molar-refractivity contribution in [1.29, 1.82) is 0 Å². The van der Waals surface area contributed by atoms with Crippen LogP contribution in [0.1, 0.15) is 27.3 Å². The van der Waals surface area contributed by atoms with Crippen molar-refractivity contribution in [2.75, 3.05) is 7.11 Å². The minimum Gasteiger partial charge on any atom is -0.463 e. The number of hydrogen-bond acceptors (Lipinski definition) is 4. The van der Waals surface area contributed by atoms with Gasteiger partial charge in [-0.1, -0.05) is 12.1 Å². The first-order chi connectivity index (χ1) is 9.45. The molecular weight excluding hydrogens is 256 g/mol. The highest BCUT2D eigenvalue weighted by Crippen LogP contribution is 2.19. The van der Waals surface area contributed by atoms with E-state index in [1.807, 2.05) is 31.2 Å². The van der Waals surface area contributed by atoms with Crippen molar-refractivity contribution in [3.63, 3.8) is 0 Å². The van der Waals surface area contributed by atoms with Crippen molar-refractivity contribution in [2.45, 2.75) is 20.8 Å². The first-order valence-electron chi connectivity index (χ1n) is 6.21. The SMILES string of the molecule is COC(=O)C(=O)c1c(C)nn(-c2cccc(C)c2)c1C. The minimum atomic E-state index is -0.875. The molecule has 0 radical (unpaired) electrons. The lowest BCUT2D eigenvalue weighted by molar-refractivity contribution is -0.135. The molecule has 0 bridgehead atoms. The standard InChI is InChI=1S/C15H16N2O3/c1-9-6-5-7-12(8-9)17-11(3)13(10(2)16-17)14(18)15(19)20-4/h5-8H,1-4H3. The topological polar surface area (TPSA) is 61.2 Å². The first-order valence-corrected chi connectivity index (χ1v) is 6.21. The molecule has 2 aromatic rings. The van der Waals surface area contributed by atoms with Gasteiger partial charge in [-0.3, -0.25) is 4.79 Å². The van der Waals surface area contributed by atoms with Crippen LogP contribution in [0, 0.1) is 20.8 Å². The maximum absolute atomic E-state index is 12.0. The van der Waals surface area contributed by atoms with E-state index in [4.69, 9.17) is 0 Å². The Kier molecular flexibility index (Phi) is 3.70. The molecule has 5 heteroatoms. The normalized spacial score (nSPS) is 10.4. The molecule has 0 spiro atoms. The highest BCUT2D eigenvalue weighted by atomic mass is 16.5. The van der Waals surface area contributed by atoms with Crippen molar-refractivity contribution < 1.29 is 14.3 Å². The molecule has 0 N–H and O–H groups in total. The van der Waals surface area contributed by atoms with Crippen molar-refractivity contribution >= 4 is 11.8 Å². The van der Waals surface area contributed by atoms with Crippen LogP contribution in [0.3, 0.4) is 0 Å². The lowest BCUT2D eigenvalue weighted by Crippen LogP contribution is -2.17. The number of carbonyl (C=O) groups is 2. The second kappa shape index (κ2) is 5.28. The second-order valence-corrected chi connectivity index (χ2v) is 4.62. The Morgan fingerprint density at radius 2 is 1.90 bits per heavy atom. The molecule has 1 aromatic carbocycles. The Morgan fingerprint density at radius 1 is 1.20 bits per heavy atom. The van der Waals surface area contributed by atoms with Crippen LogP contribution in [-0.4, -0.2) is 28.6 Å². The van der Waals surface area contributed by atoms with Crippen molar-refractivity contribution in [3.8, 4) is 5.69 Å². The number of aryl methyl sites for hydroxylation is 2. The molecule has 1 heterocycles. The molecule has 0 unspecified atom stereocenters. The summed E-state index contributed by atoms with van der Waals surface area (Å²) in [6.45, 7) is 5.45. The van der Waals surface area contributed by atoms with Gasteiger partial charge < -0.3 is 4.74 Å². The second-order valence-electron chi connectivity index (χ2n) is 4.62. The molecule has 0 saturated heterocycles. The monoisotopic (exact) mass is 272 g/mol. The van der Waals surface area contributed by atoms with Crippen LogP contribution < -0.4 is 0 Å². The van der Waals surface area contributed by atoms with Gasteiger partial charge in [0.25, 0.3) is 5.78 Å². The molecule has 1 aromatic heterocycles. The number of nitrogens with zero attached hydrogens (tertiary/aromatic N) is 2. The van der Waals surface area contributed by atoms with Crippen molar-refractivity contribution in [3.05, 3.63) is 46.8 Å². The van der Waals surface area contributed by atoms with Gasteiger partial charge in [-0.15, -0.1) is 0 Å². The number of esters is 1. The smallest absolute Gasteiger partial charge is 0.379 e. The van der Waals surface area contributed by atoms with Crippen LogP contribution in [0.2, 0.25) is 0 Å². The Bertz CT molecular complexity index is 686. The summed E-state index contributed by atoms with van der Waals surface area (Å²) in [4.78, 5) is 23.4. The molecule has 0 aliphatic rings. The summed E-state index contributed by atoms with van der Waals surface area (Å²) in [5.41, 5.74) is 3.40. The van der Waals surface area contributed by atoms with Gasteiger partial charge in [0.1, 0.15) is 0 Å². The minimum absolute atomic E-state index is 0.304. The van der Waals surface area contributed by atoms with E-state index in [1.54, 1.807) is 18.5 Å². The summed E-state index contributed by atoms with van der Waals surface area (Å²) < 4.78 is 6.15. The lowest BCUT2D eigenvalue weighted by atomic mass is 10.1. The fraction of sp³-hybridized carbons (Fsp3) is 0.267. The first kappa shape index (κ1) is 14.0. The summed E-state index contributed by atoms with van der Waals surface area (Å²) in [5.74, 6) is -1.54. The average molecular weight is 272 g/mol. The summed E-state index contributed by atoms with van der Waals surface area (Å²) in [7, 11) is 1.19. The number of ether oxygens (including phenoxy) is 1. The van der Waals surface area contributed by atoms with Crippen LogP contribution in [0.25, 0.3) is 5.69 Å². The predicted octanol–water partition coefficient (Wildman–Crippen LogP) is 2.15. The van der Waals surface area contributed by atoms with Gasteiger partial charge in [0, 0.05) is 0 Å². The van der Waals surface area contributed by atoms with E-state index < -0.39 is 11.8 Å². The quantitative estimate of drug-likeness (QED) is 0.488. The van der Waals surface area contributed by atoms with Gasteiger partial charge in [-0.2, -0.15) is 5.10 Å². The third-order valence-electron chi connectivity index (χ3n) is 3.14. The highest BCUT2D eigenvalue weighted by Gasteiger charge is 2.25. The Morgan fingerprint density at radius 3 is 2.50 bits per heavy atom. The van der Waals surface area contributed by atoms with E-state index >= 15 is 0 Å². The van der Waals surface area contributed by atoms with E-state index in [1.165, 1.54) is 7.11 Å².